The minimum Gasteiger partial charge on any atom is -0.376 e. The van der Waals surface area contributed by atoms with E-state index in [4.69, 9.17) is 4.74 Å². The molecule has 0 bridgehead atoms. The van der Waals surface area contributed by atoms with Gasteiger partial charge in [0.2, 0.25) is 5.91 Å². The fourth-order valence-electron chi connectivity index (χ4n) is 4.11. The molecule has 0 aromatic heterocycles. The van der Waals surface area contributed by atoms with Gasteiger partial charge in [0.25, 0.3) is 0 Å². The molecule has 3 amide bonds. The molecule has 30 heavy (non-hydrogen) atoms. The van der Waals surface area contributed by atoms with Crippen molar-refractivity contribution in [2.45, 2.75) is 38.7 Å². The van der Waals surface area contributed by atoms with Crippen LogP contribution in [-0.4, -0.2) is 79.1 Å². The largest absolute Gasteiger partial charge is 0.376 e. The summed E-state index contributed by atoms with van der Waals surface area (Å²) >= 11 is 0. The average Bonchev–Trinajstić information content (AvgIpc) is 3.59. The van der Waals surface area contributed by atoms with Crippen molar-refractivity contribution in [3.8, 4) is 0 Å². The number of nitrogens with one attached hydrogen (secondary N) is 1. The second-order valence-electron chi connectivity index (χ2n) is 8.79. The first kappa shape index (κ1) is 21.1. The summed E-state index contributed by atoms with van der Waals surface area (Å²) in [6, 6.07) is 7.80. The van der Waals surface area contributed by atoms with Crippen molar-refractivity contribution in [3.05, 3.63) is 29.8 Å². The summed E-state index contributed by atoms with van der Waals surface area (Å²) in [4.78, 5) is 31.1. The van der Waals surface area contributed by atoms with Crippen LogP contribution in [0.4, 0.5) is 10.5 Å². The maximum absolute atomic E-state index is 12.7. The molecular weight excluding hydrogens is 380 g/mol. The van der Waals surface area contributed by atoms with Crippen LogP contribution in [0.1, 0.15) is 37.7 Å². The average molecular weight is 415 g/mol. The number of piperidine rings is 1. The van der Waals surface area contributed by atoms with Crippen LogP contribution in [0.2, 0.25) is 0 Å². The summed E-state index contributed by atoms with van der Waals surface area (Å²) < 4.78 is 5.75. The number of urea groups is 1. The van der Waals surface area contributed by atoms with Crippen molar-refractivity contribution >= 4 is 17.6 Å². The van der Waals surface area contributed by atoms with Crippen LogP contribution < -0.4 is 5.32 Å². The van der Waals surface area contributed by atoms with E-state index in [-0.39, 0.29) is 11.9 Å². The fourth-order valence-corrected chi connectivity index (χ4v) is 4.11. The van der Waals surface area contributed by atoms with E-state index in [9.17, 15) is 9.59 Å². The molecule has 164 valence electrons. The molecule has 2 saturated heterocycles. The monoisotopic (exact) mass is 414 g/mol. The molecule has 4 rings (SSSR count). The van der Waals surface area contributed by atoms with Gasteiger partial charge in [-0.2, -0.15) is 0 Å². The molecule has 0 radical (unpaired) electrons. The normalized spacial score (nSPS) is 20.3. The molecule has 1 saturated carbocycles. The molecule has 0 unspecified atom stereocenters. The van der Waals surface area contributed by atoms with E-state index in [1.807, 2.05) is 34.1 Å². The van der Waals surface area contributed by atoms with Crippen LogP contribution in [0.3, 0.4) is 0 Å². The van der Waals surface area contributed by atoms with Crippen LogP contribution in [0.5, 0.6) is 0 Å². The lowest BCUT2D eigenvalue weighted by molar-refractivity contribution is -0.133. The van der Waals surface area contributed by atoms with Crippen LogP contribution in [0.25, 0.3) is 0 Å². The molecule has 3 aliphatic rings. The van der Waals surface area contributed by atoms with Crippen molar-refractivity contribution in [1.82, 2.24) is 14.7 Å². The highest BCUT2D eigenvalue weighted by Gasteiger charge is 2.25. The quantitative estimate of drug-likeness (QED) is 0.745. The van der Waals surface area contributed by atoms with Gasteiger partial charge in [-0.3, -0.25) is 9.69 Å². The molecule has 1 aliphatic carbocycles. The number of piperazine rings is 1. The van der Waals surface area contributed by atoms with Crippen molar-refractivity contribution in [2.24, 2.45) is 5.92 Å². The minimum atomic E-state index is -0.0759. The van der Waals surface area contributed by atoms with E-state index in [0.29, 0.717) is 26.2 Å². The molecule has 7 heteroatoms. The number of carbonyl (C=O) groups is 2. The number of anilines is 1. The summed E-state index contributed by atoms with van der Waals surface area (Å²) in [6.45, 7) is 6.44. The van der Waals surface area contributed by atoms with Gasteiger partial charge in [0.05, 0.1) is 13.2 Å². The molecule has 2 heterocycles. The van der Waals surface area contributed by atoms with Crippen LogP contribution >= 0.6 is 0 Å². The molecule has 2 aliphatic heterocycles. The molecule has 1 aromatic carbocycles. The third kappa shape index (κ3) is 6.19. The number of rotatable bonds is 7. The number of amides is 3. The summed E-state index contributed by atoms with van der Waals surface area (Å²) in [7, 11) is 0. The molecular formula is C23H34N4O3. The number of benzene rings is 1. The van der Waals surface area contributed by atoms with Crippen LogP contribution in [-0.2, 0) is 16.1 Å². The van der Waals surface area contributed by atoms with E-state index < -0.39 is 0 Å². The lowest BCUT2D eigenvalue weighted by Gasteiger charge is -2.36. The van der Waals surface area contributed by atoms with Gasteiger partial charge < -0.3 is 19.9 Å². The first-order chi connectivity index (χ1) is 14.7. The molecule has 7 nitrogen and oxygen atoms in total. The zero-order valence-corrected chi connectivity index (χ0v) is 17.9. The van der Waals surface area contributed by atoms with Crippen molar-refractivity contribution in [2.75, 3.05) is 57.7 Å². The van der Waals surface area contributed by atoms with Gasteiger partial charge in [0.1, 0.15) is 0 Å². The Labute approximate surface area is 179 Å². The van der Waals surface area contributed by atoms with E-state index in [2.05, 4.69) is 10.2 Å². The zero-order chi connectivity index (χ0) is 20.8. The number of nitrogens with zero attached hydrogens (tertiary/aromatic N) is 3. The Balaban J connectivity index is 1.19. The Morgan fingerprint density at radius 3 is 2.47 bits per heavy atom. The van der Waals surface area contributed by atoms with Gasteiger partial charge in [-0.25, -0.2) is 4.79 Å². The smallest absolute Gasteiger partial charge is 0.321 e. The number of hydrogen-bond acceptors (Lipinski definition) is 4. The molecule has 0 atom stereocenters. The summed E-state index contributed by atoms with van der Waals surface area (Å²) in [6.07, 6.45) is 6.04. The fraction of sp³-hybridized carbons (Fsp3) is 0.652. The summed E-state index contributed by atoms with van der Waals surface area (Å²) in [5.74, 6) is 0.982. The van der Waals surface area contributed by atoms with Crippen molar-refractivity contribution in [1.29, 1.82) is 0 Å². The van der Waals surface area contributed by atoms with Crippen LogP contribution in [0, 0.1) is 5.92 Å². The molecule has 3 fully saturated rings. The number of ether oxygens (including phenoxy) is 1. The Bertz CT molecular complexity index is 723. The van der Waals surface area contributed by atoms with Gasteiger partial charge in [0.15, 0.2) is 0 Å². The Morgan fingerprint density at radius 2 is 1.73 bits per heavy atom. The molecule has 1 N–H and O–H groups in total. The van der Waals surface area contributed by atoms with E-state index >= 15 is 0 Å². The number of carbonyl (C=O) groups excluding carboxylic acids is 2. The van der Waals surface area contributed by atoms with Crippen molar-refractivity contribution in [3.63, 3.8) is 0 Å². The number of likely N-dealkylation sites (tertiary alicyclic amines) is 1. The Hall–Kier alpha value is -2.12. The lowest BCUT2D eigenvalue weighted by Crippen LogP contribution is -2.52. The highest BCUT2D eigenvalue weighted by atomic mass is 16.5. The van der Waals surface area contributed by atoms with E-state index in [1.165, 1.54) is 19.3 Å². The molecule has 0 spiro atoms. The molecule has 1 aromatic rings. The predicted octanol–water partition coefficient (Wildman–Crippen LogP) is 2.78. The lowest BCUT2D eigenvalue weighted by atomic mass is 10.1. The minimum absolute atomic E-state index is 0.0759. The Morgan fingerprint density at radius 1 is 0.967 bits per heavy atom. The van der Waals surface area contributed by atoms with E-state index in [0.717, 1.165) is 62.8 Å². The summed E-state index contributed by atoms with van der Waals surface area (Å²) in [5, 5.41) is 3.01. The predicted molar refractivity (Wildman–Crippen MR) is 116 cm³/mol. The van der Waals surface area contributed by atoms with Crippen LogP contribution in [0.15, 0.2) is 24.3 Å². The maximum atomic E-state index is 12.7. The third-order valence-corrected chi connectivity index (χ3v) is 6.22. The highest BCUT2D eigenvalue weighted by molar-refractivity contribution is 5.89. The topological polar surface area (TPSA) is 65.1 Å². The van der Waals surface area contributed by atoms with Gasteiger partial charge in [-0.1, -0.05) is 12.1 Å². The number of hydrogen-bond donors (Lipinski definition) is 1. The summed E-state index contributed by atoms with van der Waals surface area (Å²) in [5.41, 5.74) is 1.88. The Kier molecular flexibility index (Phi) is 7.23. The first-order valence-electron chi connectivity index (χ1n) is 11.4. The third-order valence-electron chi connectivity index (χ3n) is 6.22. The zero-order valence-electron chi connectivity index (χ0n) is 17.9. The van der Waals surface area contributed by atoms with Gasteiger partial charge >= 0.3 is 6.03 Å². The highest BCUT2D eigenvalue weighted by Crippen LogP contribution is 2.29. The second-order valence-corrected chi connectivity index (χ2v) is 8.79. The van der Waals surface area contributed by atoms with Crippen molar-refractivity contribution < 1.29 is 14.3 Å². The maximum Gasteiger partial charge on any atom is 0.321 e. The second kappa shape index (κ2) is 10.3. The SMILES string of the molecule is O=C(CN1CCN(C(=O)Nc2cccc(COCC3CC3)c2)CC1)N1CCCCC1. The van der Waals surface area contributed by atoms with E-state index in [1.54, 1.807) is 0 Å². The van der Waals surface area contributed by atoms with Gasteiger partial charge in [0, 0.05) is 51.6 Å². The van der Waals surface area contributed by atoms with Gasteiger partial charge in [-0.15, -0.1) is 0 Å². The standard InChI is InChI=1S/C23H34N4O3/c28-22(26-9-2-1-3-10-26)16-25-11-13-27(14-12-25)23(29)24-21-6-4-5-20(15-21)18-30-17-19-7-8-19/h4-6,15,19H,1-3,7-14,16-18H2,(H,24,29). The first-order valence-corrected chi connectivity index (χ1v) is 11.4. The van der Waals surface area contributed by atoms with Gasteiger partial charge in [-0.05, 0) is 55.7 Å².